The Hall–Kier alpha value is -1.97. The molecule has 2 aliphatic heterocycles. The maximum Gasteiger partial charge on any atom is 0.311 e. The third kappa shape index (κ3) is 3.00. The lowest BCUT2D eigenvalue weighted by Crippen LogP contribution is -2.63. The number of fused-ring (bicyclic) bond motifs is 1. The highest BCUT2D eigenvalue weighted by atomic mass is 32.2. The summed E-state index contributed by atoms with van der Waals surface area (Å²) in [6.07, 6.45) is 1.65. The fourth-order valence-corrected chi connectivity index (χ4v) is 5.56. The molecule has 2 heterocycles. The lowest BCUT2D eigenvalue weighted by Gasteiger charge is -2.51. The van der Waals surface area contributed by atoms with Crippen LogP contribution >= 0.6 is 0 Å². The molecule has 3 rings (SSSR count). The molecule has 2 saturated heterocycles. The van der Waals surface area contributed by atoms with Crippen LogP contribution in [0.25, 0.3) is 0 Å². The molecule has 0 radical (unpaired) electrons. The van der Waals surface area contributed by atoms with Crippen LogP contribution in [0.4, 0.5) is 0 Å². The number of amides is 1. The predicted molar refractivity (Wildman–Crippen MR) is 94.1 cm³/mol. The number of likely N-dealkylation sites (N-methyl/N-ethyl adjacent to an activating group) is 1. The van der Waals surface area contributed by atoms with E-state index in [4.69, 9.17) is 5.73 Å². The molecule has 1 aromatic carbocycles. The number of rotatable bonds is 4. The molecule has 2 fully saturated rings. The van der Waals surface area contributed by atoms with Crippen molar-refractivity contribution in [1.29, 1.82) is 0 Å². The molecule has 2 atom stereocenters. The summed E-state index contributed by atoms with van der Waals surface area (Å²) in [6.45, 7) is 1.06. The van der Waals surface area contributed by atoms with Crippen LogP contribution in [0.5, 0.6) is 0 Å². The number of piperidine rings is 2. The number of carboxylic acids is 1. The van der Waals surface area contributed by atoms with Gasteiger partial charge in [0.05, 0.1) is 10.3 Å². The maximum atomic E-state index is 13.0. The number of benzene rings is 1. The number of likely N-dealkylation sites (tertiary alicyclic amines) is 1. The minimum absolute atomic E-state index is 0.0730. The highest BCUT2D eigenvalue weighted by molar-refractivity contribution is 7.89. The quantitative estimate of drug-likeness (QED) is 0.776. The van der Waals surface area contributed by atoms with Gasteiger partial charge in [0.2, 0.25) is 15.9 Å². The van der Waals surface area contributed by atoms with E-state index in [0.29, 0.717) is 6.42 Å². The van der Waals surface area contributed by atoms with Crippen molar-refractivity contribution in [2.45, 2.75) is 30.2 Å². The Labute approximate surface area is 152 Å². The van der Waals surface area contributed by atoms with Crippen LogP contribution in [-0.4, -0.2) is 67.3 Å². The Bertz CT molecular complexity index is 823. The highest BCUT2D eigenvalue weighted by Crippen LogP contribution is 2.43. The number of aliphatic carboxylic acids is 1. The Balaban J connectivity index is 1.88. The van der Waals surface area contributed by atoms with Gasteiger partial charge in [-0.3, -0.25) is 9.59 Å². The number of hydrogen-bond acceptors (Lipinski definition) is 5. The fraction of sp³-hybridized carbons (Fsp3) is 0.529. The molecule has 1 amide bonds. The van der Waals surface area contributed by atoms with Crippen molar-refractivity contribution in [3.63, 3.8) is 0 Å². The first-order valence-electron chi connectivity index (χ1n) is 8.52. The van der Waals surface area contributed by atoms with E-state index >= 15 is 0 Å². The van der Waals surface area contributed by atoms with Crippen molar-refractivity contribution < 1.29 is 23.1 Å². The zero-order valence-corrected chi connectivity index (χ0v) is 15.4. The fourth-order valence-electron chi connectivity index (χ4n) is 4.12. The van der Waals surface area contributed by atoms with Gasteiger partial charge >= 0.3 is 5.97 Å². The Morgan fingerprint density at radius 3 is 2.42 bits per heavy atom. The Kier molecular flexibility index (Phi) is 4.80. The van der Waals surface area contributed by atoms with Crippen molar-refractivity contribution in [2.24, 2.45) is 11.1 Å². The first kappa shape index (κ1) is 18.8. The molecule has 0 bridgehead atoms. The van der Waals surface area contributed by atoms with Crippen LogP contribution < -0.4 is 5.73 Å². The molecule has 26 heavy (non-hydrogen) atoms. The number of sulfonamides is 1. The average molecular weight is 381 g/mol. The second-order valence-electron chi connectivity index (χ2n) is 7.06. The first-order chi connectivity index (χ1) is 12.2. The normalized spacial score (nSPS) is 27.7. The molecule has 2 aliphatic rings. The SMILES string of the molecule is CN1CCC[C@]2(C(=O)O)CCN(S(=O)(=O)c3ccc(C(N)=O)cc3)C[C@@H]12. The number of nitrogens with zero attached hydrogens (tertiary/aromatic N) is 2. The van der Waals surface area contributed by atoms with E-state index in [1.54, 1.807) is 0 Å². The van der Waals surface area contributed by atoms with Crippen LogP contribution in [0, 0.1) is 5.41 Å². The van der Waals surface area contributed by atoms with Gasteiger partial charge in [-0.1, -0.05) is 0 Å². The van der Waals surface area contributed by atoms with Gasteiger partial charge in [-0.05, 0) is 57.1 Å². The summed E-state index contributed by atoms with van der Waals surface area (Å²) in [5.74, 6) is -1.47. The summed E-state index contributed by atoms with van der Waals surface area (Å²) in [5, 5.41) is 9.79. The molecule has 0 aromatic heterocycles. The topological polar surface area (TPSA) is 121 Å². The van der Waals surface area contributed by atoms with Crippen LogP contribution in [0.1, 0.15) is 29.6 Å². The van der Waals surface area contributed by atoms with Gasteiger partial charge < -0.3 is 15.7 Å². The van der Waals surface area contributed by atoms with Crippen LogP contribution in [0.15, 0.2) is 29.2 Å². The smallest absolute Gasteiger partial charge is 0.311 e. The molecule has 142 valence electrons. The maximum absolute atomic E-state index is 13.0. The van der Waals surface area contributed by atoms with Crippen molar-refractivity contribution in [2.75, 3.05) is 26.7 Å². The van der Waals surface area contributed by atoms with Crippen LogP contribution in [0.2, 0.25) is 0 Å². The van der Waals surface area contributed by atoms with Crippen LogP contribution in [-0.2, 0) is 14.8 Å². The van der Waals surface area contributed by atoms with Gasteiger partial charge in [-0.25, -0.2) is 8.42 Å². The number of carbonyl (C=O) groups is 2. The number of carboxylic acid groups (broad SMARTS) is 1. The van der Waals surface area contributed by atoms with Gasteiger partial charge in [0.25, 0.3) is 0 Å². The molecule has 0 spiro atoms. The molecule has 9 heteroatoms. The van der Waals surface area contributed by atoms with Gasteiger partial charge in [0.1, 0.15) is 0 Å². The monoisotopic (exact) mass is 381 g/mol. The largest absolute Gasteiger partial charge is 0.481 e. The second kappa shape index (κ2) is 6.64. The lowest BCUT2D eigenvalue weighted by atomic mass is 9.69. The molecule has 3 N–H and O–H groups in total. The molecular weight excluding hydrogens is 358 g/mol. The molecule has 0 saturated carbocycles. The van der Waals surface area contributed by atoms with Crippen molar-refractivity contribution in [3.05, 3.63) is 29.8 Å². The number of carbonyl (C=O) groups excluding carboxylic acids is 1. The summed E-state index contributed by atoms with van der Waals surface area (Å²) in [4.78, 5) is 25.1. The van der Waals surface area contributed by atoms with Crippen molar-refractivity contribution in [1.82, 2.24) is 9.21 Å². The van der Waals surface area contributed by atoms with Crippen molar-refractivity contribution in [3.8, 4) is 0 Å². The molecule has 8 nitrogen and oxygen atoms in total. The molecular formula is C17H23N3O5S. The minimum Gasteiger partial charge on any atom is -0.481 e. The summed E-state index contributed by atoms with van der Waals surface area (Å²) in [6, 6.07) is 5.13. The van der Waals surface area contributed by atoms with E-state index in [-0.39, 0.29) is 36.0 Å². The van der Waals surface area contributed by atoms with E-state index in [0.717, 1.165) is 13.0 Å². The minimum atomic E-state index is -3.77. The van der Waals surface area contributed by atoms with Gasteiger partial charge in [0, 0.05) is 24.7 Å². The summed E-state index contributed by atoms with van der Waals surface area (Å²) in [7, 11) is -1.92. The van der Waals surface area contributed by atoms with E-state index in [2.05, 4.69) is 0 Å². The van der Waals surface area contributed by atoms with E-state index < -0.39 is 27.3 Å². The second-order valence-corrected chi connectivity index (χ2v) is 9.00. The predicted octanol–water partition coefficient (Wildman–Crippen LogP) is 0.345. The van der Waals surface area contributed by atoms with Gasteiger partial charge in [-0.15, -0.1) is 0 Å². The third-order valence-electron chi connectivity index (χ3n) is 5.69. The lowest BCUT2D eigenvalue weighted by molar-refractivity contribution is -0.160. The zero-order valence-electron chi connectivity index (χ0n) is 14.6. The van der Waals surface area contributed by atoms with E-state index in [1.807, 2.05) is 11.9 Å². The standard InChI is InChI=1S/C17H23N3O5S/c1-19-9-2-7-17(16(22)23)8-10-20(11-14(17)19)26(24,25)13-5-3-12(4-6-13)15(18)21/h3-6,14H,2,7-11H2,1H3,(H2,18,21)(H,22,23)/t14-,17+/m1/s1. The first-order valence-corrected chi connectivity index (χ1v) is 9.96. The molecule has 0 aliphatic carbocycles. The number of nitrogens with two attached hydrogens (primary N) is 1. The van der Waals surface area contributed by atoms with Gasteiger partial charge in [-0.2, -0.15) is 4.31 Å². The molecule has 0 unspecified atom stereocenters. The van der Waals surface area contributed by atoms with E-state index in [1.165, 1.54) is 28.6 Å². The number of hydrogen-bond donors (Lipinski definition) is 2. The summed E-state index contributed by atoms with van der Waals surface area (Å²) >= 11 is 0. The van der Waals surface area contributed by atoms with E-state index in [9.17, 15) is 23.1 Å². The average Bonchev–Trinajstić information content (AvgIpc) is 2.61. The Morgan fingerprint density at radius 1 is 1.19 bits per heavy atom. The highest BCUT2D eigenvalue weighted by Gasteiger charge is 2.53. The summed E-state index contributed by atoms with van der Waals surface area (Å²) < 4.78 is 27.3. The zero-order chi connectivity index (χ0) is 19.1. The third-order valence-corrected chi connectivity index (χ3v) is 7.57. The van der Waals surface area contributed by atoms with Crippen molar-refractivity contribution >= 4 is 21.9 Å². The number of primary amides is 1. The molecule has 1 aromatic rings. The van der Waals surface area contributed by atoms with Crippen LogP contribution in [0.3, 0.4) is 0 Å². The Morgan fingerprint density at radius 2 is 1.85 bits per heavy atom. The summed E-state index contributed by atoms with van der Waals surface area (Å²) in [5.41, 5.74) is 4.53. The van der Waals surface area contributed by atoms with Gasteiger partial charge in [0.15, 0.2) is 0 Å².